The summed E-state index contributed by atoms with van der Waals surface area (Å²) in [5.74, 6) is 0. The summed E-state index contributed by atoms with van der Waals surface area (Å²) in [6.45, 7) is 4.45. The largest absolute Gasteiger partial charge is 0.315 e. The zero-order chi connectivity index (χ0) is 9.80. The van der Waals surface area contributed by atoms with Crippen molar-refractivity contribution >= 4 is 11.3 Å². The lowest BCUT2D eigenvalue weighted by molar-refractivity contribution is 0.361. The van der Waals surface area contributed by atoms with Gasteiger partial charge in [-0.05, 0) is 26.3 Å². The minimum absolute atomic E-state index is 0.389. The number of hydrogen-bond acceptors (Lipinski definition) is 4. The Hall–Kier alpha value is -0.450. The van der Waals surface area contributed by atoms with Crippen LogP contribution in [0, 0.1) is 0 Å². The van der Waals surface area contributed by atoms with E-state index in [0.29, 0.717) is 12.1 Å². The highest BCUT2D eigenvalue weighted by atomic mass is 32.1. The molecule has 4 heteroatoms. The molecule has 0 bridgehead atoms. The van der Waals surface area contributed by atoms with Crippen LogP contribution in [-0.2, 0) is 0 Å². The van der Waals surface area contributed by atoms with Crippen LogP contribution in [0.1, 0.15) is 30.8 Å². The van der Waals surface area contributed by atoms with Gasteiger partial charge < -0.3 is 10.6 Å². The molecule has 1 aromatic rings. The highest BCUT2D eigenvalue weighted by Gasteiger charge is 2.16. The molecule has 0 amide bonds. The van der Waals surface area contributed by atoms with Gasteiger partial charge >= 0.3 is 0 Å². The van der Waals surface area contributed by atoms with Crippen LogP contribution in [0.4, 0.5) is 0 Å². The summed E-state index contributed by atoms with van der Waals surface area (Å²) in [7, 11) is 0. The Morgan fingerprint density at radius 3 is 3.29 bits per heavy atom. The van der Waals surface area contributed by atoms with E-state index >= 15 is 0 Å². The Labute approximate surface area is 88.9 Å². The van der Waals surface area contributed by atoms with Crippen LogP contribution in [-0.4, -0.2) is 24.1 Å². The predicted molar refractivity (Wildman–Crippen MR) is 59.6 cm³/mol. The Morgan fingerprint density at radius 2 is 2.64 bits per heavy atom. The minimum atomic E-state index is 0.389. The first kappa shape index (κ1) is 10.1. The van der Waals surface area contributed by atoms with Gasteiger partial charge in [-0.25, -0.2) is 4.98 Å². The molecule has 1 aromatic heterocycles. The maximum absolute atomic E-state index is 4.32. The van der Waals surface area contributed by atoms with Crippen molar-refractivity contribution in [2.45, 2.75) is 31.8 Å². The molecule has 0 saturated carbocycles. The van der Waals surface area contributed by atoms with Gasteiger partial charge in [-0.15, -0.1) is 11.3 Å². The summed E-state index contributed by atoms with van der Waals surface area (Å²) in [5, 5.41) is 10.2. The van der Waals surface area contributed by atoms with Crippen molar-refractivity contribution in [2.75, 3.05) is 13.1 Å². The average molecular weight is 211 g/mol. The van der Waals surface area contributed by atoms with E-state index in [9.17, 15) is 0 Å². The first-order chi connectivity index (χ1) is 6.86. The fourth-order valence-electron chi connectivity index (χ4n) is 1.87. The van der Waals surface area contributed by atoms with E-state index in [1.165, 1.54) is 24.4 Å². The van der Waals surface area contributed by atoms with Crippen molar-refractivity contribution in [3.8, 4) is 0 Å². The third kappa shape index (κ3) is 2.53. The summed E-state index contributed by atoms with van der Waals surface area (Å²) in [6.07, 6.45) is 4.43. The Bertz CT molecular complexity index is 254. The smallest absolute Gasteiger partial charge is 0.109 e. The predicted octanol–water partition coefficient (Wildman–Crippen LogP) is 1.55. The van der Waals surface area contributed by atoms with Crippen molar-refractivity contribution in [3.05, 3.63) is 16.6 Å². The number of nitrogens with one attached hydrogen (secondary N) is 2. The molecule has 14 heavy (non-hydrogen) atoms. The molecule has 0 spiro atoms. The molecule has 0 aromatic carbocycles. The first-order valence-electron chi connectivity index (χ1n) is 5.22. The lowest BCUT2D eigenvalue weighted by Crippen LogP contribution is -2.43. The van der Waals surface area contributed by atoms with Crippen molar-refractivity contribution < 1.29 is 0 Å². The third-order valence-electron chi connectivity index (χ3n) is 2.60. The summed E-state index contributed by atoms with van der Waals surface area (Å²) in [4.78, 5) is 4.32. The Morgan fingerprint density at radius 1 is 1.71 bits per heavy atom. The molecule has 2 N–H and O–H groups in total. The topological polar surface area (TPSA) is 37.0 Å². The van der Waals surface area contributed by atoms with Gasteiger partial charge in [-0.3, -0.25) is 0 Å². The van der Waals surface area contributed by atoms with Crippen molar-refractivity contribution in [1.82, 2.24) is 15.6 Å². The zero-order valence-corrected chi connectivity index (χ0v) is 9.31. The standard InChI is InChI=1S/C10H17N3S/c1-8(10-12-5-6-14-10)13-9-3-2-4-11-7-9/h5-6,8-9,11,13H,2-4,7H2,1H3/t8-,9-/m1/s1. The van der Waals surface area contributed by atoms with Crippen LogP contribution >= 0.6 is 11.3 Å². The van der Waals surface area contributed by atoms with Gasteiger partial charge in [0.05, 0.1) is 6.04 Å². The highest BCUT2D eigenvalue weighted by molar-refractivity contribution is 7.09. The monoisotopic (exact) mass is 211 g/mol. The number of rotatable bonds is 3. The second kappa shape index (κ2) is 4.87. The van der Waals surface area contributed by atoms with Crippen LogP contribution in [0.2, 0.25) is 0 Å². The van der Waals surface area contributed by atoms with Crippen LogP contribution in [0.25, 0.3) is 0 Å². The van der Waals surface area contributed by atoms with Crippen molar-refractivity contribution in [1.29, 1.82) is 0 Å². The maximum Gasteiger partial charge on any atom is 0.109 e. The number of hydrogen-bond donors (Lipinski definition) is 2. The number of piperidine rings is 1. The van der Waals surface area contributed by atoms with E-state index in [1.54, 1.807) is 11.3 Å². The van der Waals surface area contributed by atoms with E-state index in [0.717, 1.165) is 6.54 Å². The van der Waals surface area contributed by atoms with Gasteiger partial charge in [-0.1, -0.05) is 0 Å². The first-order valence-corrected chi connectivity index (χ1v) is 6.10. The van der Waals surface area contributed by atoms with E-state index in [4.69, 9.17) is 0 Å². The zero-order valence-electron chi connectivity index (χ0n) is 8.49. The normalized spacial score (nSPS) is 24.8. The third-order valence-corrected chi connectivity index (χ3v) is 3.56. The van der Waals surface area contributed by atoms with E-state index in [-0.39, 0.29) is 0 Å². The van der Waals surface area contributed by atoms with E-state index in [2.05, 4.69) is 22.5 Å². The molecule has 0 radical (unpaired) electrons. The second-order valence-electron chi connectivity index (χ2n) is 3.80. The molecule has 1 aliphatic rings. The lowest BCUT2D eigenvalue weighted by Gasteiger charge is -2.26. The average Bonchev–Trinajstić information content (AvgIpc) is 2.72. The Kier molecular flexibility index (Phi) is 3.50. The minimum Gasteiger partial charge on any atom is -0.315 e. The fourth-order valence-corrected chi connectivity index (χ4v) is 2.52. The molecular formula is C10H17N3S. The molecule has 2 rings (SSSR count). The molecule has 0 unspecified atom stereocenters. The van der Waals surface area contributed by atoms with Crippen molar-refractivity contribution in [3.63, 3.8) is 0 Å². The second-order valence-corrected chi connectivity index (χ2v) is 4.73. The lowest BCUT2D eigenvalue weighted by atomic mass is 10.1. The van der Waals surface area contributed by atoms with Crippen LogP contribution in [0.3, 0.4) is 0 Å². The van der Waals surface area contributed by atoms with Crippen LogP contribution in [0.15, 0.2) is 11.6 Å². The van der Waals surface area contributed by atoms with Gasteiger partial charge in [0.25, 0.3) is 0 Å². The number of nitrogens with zero attached hydrogens (tertiary/aromatic N) is 1. The van der Waals surface area contributed by atoms with Crippen LogP contribution in [0.5, 0.6) is 0 Å². The summed E-state index contributed by atoms with van der Waals surface area (Å²) in [6, 6.07) is 1.00. The molecule has 2 heterocycles. The number of thiazole rings is 1. The Balaban J connectivity index is 1.84. The van der Waals surface area contributed by atoms with Gasteiger partial charge in [-0.2, -0.15) is 0 Å². The van der Waals surface area contributed by atoms with Gasteiger partial charge in [0.15, 0.2) is 0 Å². The molecule has 3 nitrogen and oxygen atoms in total. The van der Waals surface area contributed by atoms with E-state index < -0.39 is 0 Å². The van der Waals surface area contributed by atoms with Gasteiger partial charge in [0.1, 0.15) is 5.01 Å². The van der Waals surface area contributed by atoms with Crippen molar-refractivity contribution in [2.24, 2.45) is 0 Å². The summed E-state index contributed by atoms with van der Waals surface area (Å²) >= 11 is 1.73. The maximum atomic E-state index is 4.32. The summed E-state index contributed by atoms with van der Waals surface area (Å²) in [5.41, 5.74) is 0. The molecular weight excluding hydrogens is 194 g/mol. The fraction of sp³-hybridized carbons (Fsp3) is 0.700. The summed E-state index contributed by atoms with van der Waals surface area (Å²) < 4.78 is 0. The van der Waals surface area contributed by atoms with Gasteiger partial charge in [0.2, 0.25) is 0 Å². The molecule has 1 aliphatic heterocycles. The number of aromatic nitrogens is 1. The highest BCUT2D eigenvalue weighted by Crippen LogP contribution is 2.16. The van der Waals surface area contributed by atoms with Gasteiger partial charge in [0, 0.05) is 24.2 Å². The van der Waals surface area contributed by atoms with Crippen LogP contribution < -0.4 is 10.6 Å². The van der Waals surface area contributed by atoms with E-state index in [1.807, 2.05) is 11.6 Å². The molecule has 1 fully saturated rings. The molecule has 0 aliphatic carbocycles. The molecule has 1 saturated heterocycles. The quantitative estimate of drug-likeness (QED) is 0.796. The molecule has 2 atom stereocenters. The SMILES string of the molecule is C[C@@H](N[C@@H]1CCCNC1)c1nccs1. The molecule has 78 valence electrons.